The Kier molecular flexibility index (Phi) is 4.85. The Labute approximate surface area is 185 Å². The molecule has 0 unspecified atom stereocenters. The number of hydrogen-bond donors (Lipinski definition) is 2. The van der Waals surface area contributed by atoms with Crippen LogP contribution >= 0.6 is 11.6 Å². The van der Waals surface area contributed by atoms with Crippen LogP contribution in [-0.2, 0) is 0 Å². The van der Waals surface area contributed by atoms with Crippen LogP contribution in [0.3, 0.4) is 0 Å². The molecule has 0 saturated heterocycles. The lowest BCUT2D eigenvalue weighted by Crippen LogP contribution is -2.35. The van der Waals surface area contributed by atoms with E-state index in [0.717, 1.165) is 15.5 Å². The fourth-order valence-electron chi connectivity index (χ4n) is 3.93. The summed E-state index contributed by atoms with van der Waals surface area (Å²) in [6.45, 7) is 0. The van der Waals surface area contributed by atoms with E-state index in [9.17, 15) is 18.0 Å². The predicted octanol–water partition coefficient (Wildman–Crippen LogP) is 6.20. The summed E-state index contributed by atoms with van der Waals surface area (Å²) in [6.07, 6.45) is -3.57. The molecule has 2 atom stereocenters. The third kappa shape index (κ3) is 3.48. The number of fused-ring (bicyclic) bond motifs is 2. The Morgan fingerprint density at radius 2 is 1.94 bits per heavy atom. The summed E-state index contributed by atoms with van der Waals surface area (Å²) >= 11 is 6.36. The summed E-state index contributed by atoms with van der Waals surface area (Å²) in [4.78, 5) is 13.0. The van der Waals surface area contributed by atoms with Crippen molar-refractivity contribution in [2.75, 3.05) is 10.6 Å². The number of furan rings is 1. The second-order valence-corrected chi connectivity index (χ2v) is 7.82. The number of halogens is 4. The van der Waals surface area contributed by atoms with Gasteiger partial charge in [-0.2, -0.15) is 18.3 Å². The van der Waals surface area contributed by atoms with Gasteiger partial charge in [0.05, 0.1) is 12.3 Å². The van der Waals surface area contributed by atoms with Gasteiger partial charge in [-0.25, -0.2) is 4.68 Å². The van der Waals surface area contributed by atoms with Gasteiger partial charge in [-0.15, -0.1) is 0 Å². The summed E-state index contributed by atoms with van der Waals surface area (Å²) in [5.74, 6) is -0.445. The maximum atomic E-state index is 13.8. The Balaban J connectivity index is 1.52. The van der Waals surface area contributed by atoms with Gasteiger partial charge in [-0.1, -0.05) is 48.0 Å². The SMILES string of the molecule is O=C(Nc1cccc2ccccc12)c1nn2c(c1Cl)N[C@H](c1ccco1)C[C@H]2C(F)(F)F. The van der Waals surface area contributed by atoms with Gasteiger partial charge < -0.3 is 15.1 Å². The molecule has 3 heterocycles. The standard InChI is InChI=1S/C22H16ClF3N4O2/c23-18-19(21(31)28-14-8-3-6-12-5-1-2-7-13(12)14)29-30-17(22(24,25)26)11-15(27-20(18)30)16-9-4-10-32-16/h1-10,15,17,27H,11H2,(H,28,31)/t15-,17-/m0/s1. The van der Waals surface area contributed by atoms with Crippen LogP contribution in [0, 0.1) is 0 Å². The second-order valence-electron chi connectivity index (χ2n) is 7.44. The van der Waals surface area contributed by atoms with Crippen molar-refractivity contribution in [3.05, 3.63) is 77.3 Å². The van der Waals surface area contributed by atoms with Crippen LogP contribution in [0.25, 0.3) is 10.8 Å². The van der Waals surface area contributed by atoms with Gasteiger partial charge in [0.15, 0.2) is 11.7 Å². The number of amides is 1. The molecule has 32 heavy (non-hydrogen) atoms. The molecular weight excluding hydrogens is 445 g/mol. The highest BCUT2D eigenvalue weighted by atomic mass is 35.5. The number of anilines is 2. The van der Waals surface area contributed by atoms with Gasteiger partial charge >= 0.3 is 6.18 Å². The Bertz CT molecular complexity index is 1300. The lowest BCUT2D eigenvalue weighted by atomic mass is 10.0. The summed E-state index contributed by atoms with van der Waals surface area (Å²) in [5, 5.41) is 11.1. The maximum Gasteiger partial charge on any atom is 0.410 e. The van der Waals surface area contributed by atoms with Crippen LogP contribution in [0.1, 0.15) is 34.8 Å². The van der Waals surface area contributed by atoms with Crippen molar-refractivity contribution in [3.8, 4) is 0 Å². The van der Waals surface area contributed by atoms with E-state index in [1.807, 2.05) is 30.3 Å². The van der Waals surface area contributed by atoms with Crippen molar-refractivity contribution in [1.29, 1.82) is 0 Å². The van der Waals surface area contributed by atoms with Gasteiger partial charge in [0.2, 0.25) is 0 Å². The zero-order valence-corrected chi connectivity index (χ0v) is 17.1. The minimum atomic E-state index is -4.60. The summed E-state index contributed by atoms with van der Waals surface area (Å²) in [5.41, 5.74) is 0.209. The van der Waals surface area contributed by atoms with Gasteiger partial charge in [0, 0.05) is 17.5 Å². The number of alkyl halides is 3. The molecule has 2 aromatic heterocycles. The normalized spacial score (nSPS) is 18.2. The van der Waals surface area contributed by atoms with Gasteiger partial charge in [0.25, 0.3) is 5.91 Å². The number of rotatable bonds is 3. The quantitative estimate of drug-likeness (QED) is 0.382. The molecule has 0 fully saturated rings. The molecule has 0 aliphatic carbocycles. The molecule has 2 N–H and O–H groups in total. The second kappa shape index (κ2) is 7.59. The molecule has 1 aliphatic rings. The predicted molar refractivity (Wildman–Crippen MR) is 114 cm³/mol. The van der Waals surface area contributed by atoms with E-state index < -0.39 is 24.2 Å². The van der Waals surface area contributed by atoms with Crippen molar-refractivity contribution in [2.24, 2.45) is 0 Å². The van der Waals surface area contributed by atoms with Crippen LogP contribution in [-0.4, -0.2) is 21.9 Å². The first-order valence-corrected chi connectivity index (χ1v) is 10.1. The highest BCUT2D eigenvalue weighted by molar-refractivity contribution is 6.36. The monoisotopic (exact) mass is 460 g/mol. The van der Waals surface area contributed by atoms with E-state index in [-0.39, 0.29) is 23.0 Å². The summed E-state index contributed by atoms with van der Waals surface area (Å²) < 4.78 is 47.5. The van der Waals surface area contributed by atoms with Crippen LogP contribution < -0.4 is 10.6 Å². The molecule has 164 valence electrons. The largest absolute Gasteiger partial charge is 0.467 e. The van der Waals surface area contributed by atoms with Crippen LogP contribution in [0.4, 0.5) is 24.7 Å². The van der Waals surface area contributed by atoms with Crippen molar-refractivity contribution in [1.82, 2.24) is 9.78 Å². The average Bonchev–Trinajstić information content (AvgIpc) is 3.41. The number of carbonyl (C=O) groups excluding carboxylic acids is 1. The fourth-order valence-corrected chi connectivity index (χ4v) is 4.19. The molecule has 10 heteroatoms. The molecule has 0 spiro atoms. The van der Waals surface area contributed by atoms with Crippen LogP contribution in [0.5, 0.6) is 0 Å². The van der Waals surface area contributed by atoms with Gasteiger partial charge in [-0.05, 0) is 23.6 Å². The number of hydrogen-bond acceptors (Lipinski definition) is 4. The average molecular weight is 461 g/mol. The Morgan fingerprint density at radius 3 is 2.69 bits per heavy atom. The number of nitrogens with zero attached hydrogens (tertiary/aromatic N) is 2. The van der Waals surface area contributed by atoms with Gasteiger partial charge in [0.1, 0.15) is 16.6 Å². The molecule has 0 bridgehead atoms. The third-order valence-electron chi connectivity index (χ3n) is 5.44. The highest BCUT2D eigenvalue weighted by Crippen LogP contribution is 2.46. The lowest BCUT2D eigenvalue weighted by Gasteiger charge is -2.32. The first kappa shape index (κ1) is 20.4. The molecule has 5 rings (SSSR count). The van der Waals surface area contributed by atoms with Crippen molar-refractivity contribution >= 4 is 39.8 Å². The first-order valence-electron chi connectivity index (χ1n) is 9.76. The zero-order chi connectivity index (χ0) is 22.5. The summed E-state index contributed by atoms with van der Waals surface area (Å²) in [7, 11) is 0. The Hall–Kier alpha value is -3.46. The van der Waals surface area contributed by atoms with Crippen LogP contribution in [0.2, 0.25) is 5.02 Å². The van der Waals surface area contributed by atoms with Gasteiger partial charge in [-0.3, -0.25) is 4.79 Å². The number of benzene rings is 2. The van der Waals surface area contributed by atoms with Crippen LogP contribution in [0.15, 0.2) is 65.3 Å². The molecule has 0 saturated carbocycles. The molecule has 0 radical (unpaired) electrons. The fraction of sp³-hybridized carbons (Fsp3) is 0.182. The minimum Gasteiger partial charge on any atom is -0.467 e. The zero-order valence-electron chi connectivity index (χ0n) is 16.4. The van der Waals surface area contributed by atoms with E-state index in [0.29, 0.717) is 11.4 Å². The third-order valence-corrected chi connectivity index (χ3v) is 5.79. The van der Waals surface area contributed by atoms with E-state index in [1.54, 1.807) is 24.3 Å². The van der Waals surface area contributed by atoms with Crippen molar-refractivity contribution < 1.29 is 22.4 Å². The number of carbonyl (C=O) groups is 1. The molecule has 1 amide bonds. The number of nitrogens with one attached hydrogen (secondary N) is 2. The Morgan fingerprint density at radius 1 is 1.16 bits per heavy atom. The minimum absolute atomic E-state index is 0.0790. The number of aromatic nitrogens is 2. The van der Waals surface area contributed by atoms with E-state index in [2.05, 4.69) is 15.7 Å². The van der Waals surface area contributed by atoms with E-state index in [1.165, 1.54) is 6.26 Å². The molecule has 6 nitrogen and oxygen atoms in total. The molecular formula is C22H16ClF3N4O2. The van der Waals surface area contributed by atoms with Crippen molar-refractivity contribution in [2.45, 2.75) is 24.7 Å². The maximum absolute atomic E-state index is 13.8. The van der Waals surface area contributed by atoms with E-state index in [4.69, 9.17) is 16.0 Å². The lowest BCUT2D eigenvalue weighted by molar-refractivity contribution is -0.174. The molecule has 2 aromatic carbocycles. The topological polar surface area (TPSA) is 72.1 Å². The van der Waals surface area contributed by atoms with E-state index >= 15 is 0 Å². The smallest absolute Gasteiger partial charge is 0.410 e. The summed E-state index contributed by atoms with van der Waals surface area (Å²) in [6, 6.07) is 13.2. The molecule has 1 aliphatic heterocycles. The molecule has 4 aromatic rings. The first-order chi connectivity index (χ1) is 15.3. The highest BCUT2D eigenvalue weighted by Gasteiger charge is 2.48. The van der Waals surface area contributed by atoms with Crippen molar-refractivity contribution in [3.63, 3.8) is 0 Å².